The monoisotopic (exact) mass is 348 g/mol. The van der Waals surface area contributed by atoms with E-state index in [0.29, 0.717) is 12.4 Å². The lowest BCUT2D eigenvalue weighted by Crippen LogP contribution is -2.04. The standard InChI is InChI=1S/C17H17BrO3/c1-2-20-16-6-4-13(18)10-14(16)17(19)12-3-5-15-11(9-12)7-8-21-15/h3-6,9-10,17,19H,2,7-8H2,1H3. The first-order valence-corrected chi connectivity index (χ1v) is 7.84. The maximum atomic E-state index is 10.7. The SMILES string of the molecule is CCOc1ccc(Br)cc1C(O)c1ccc2c(c1)CCO2. The summed E-state index contributed by atoms with van der Waals surface area (Å²) in [7, 11) is 0. The number of fused-ring (bicyclic) bond motifs is 1. The maximum Gasteiger partial charge on any atom is 0.125 e. The van der Waals surface area contributed by atoms with Gasteiger partial charge in [-0.3, -0.25) is 0 Å². The zero-order valence-electron chi connectivity index (χ0n) is 11.8. The molecule has 0 radical (unpaired) electrons. The minimum Gasteiger partial charge on any atom is -0.493 e. The molecule has 1 aliphatic rings. The Morgan fingerprint density at radius 2 is 2.14 bits per heavy atom. The quantitative estimate of drug-likeness (QED) is 0.911. The van der Waals surface area contributed by atoms with Gasteiger partial charge in [-0.15, -0.1) is 0 Å². The van der Waals surface area contributed by atoms with Crippen molar-refractivity contribution in [3.8, 4) is 11.5 Å². The van der Waals surface area contributed by atoms with Gasteiger partial charge in [-0.2, -0.15) is 0 Å². The first-order valence-electron chi connectivity index (χ1n) is 7.05. The van der Waals surface area contributed by atoms with Gasteiger partial charge < -0.3 is 14.6 Å². The number of benzene rings is 2. The Hall–Kier alpha value is -1.52. The fraction of sp³-hybridized carbons (Fsp3) is 0.294. The van der Waals surface area contributed by atoms with E-state index in [-0.39, 0.29) is 0 Å². The molecule has 0 aliphatic carbocycles. The van der Waals surface area contributed by atoms with Gasteiger partial charge in [-0.1, -0.05) is 22.0 Å². The second kappa shape index (κ2) is 6.08. The number of ether oxygens (including phenoxy) is 2. The molecule has 1 heterocycles. The van der Waals surface area contributed by atoms with E-state index >= 15 is 0 Å². The molecule has 0 saturated heterocycles. The zero-order valence-corrected chi connectivity index (χ0v) is 13.4. The van der Waals surface area contributed by atoms with E-state index < -0.39 is 6.10 Å². The van der Waals surface area contributed by atoms with Crippen molar-refractivity contribution in [2.45, 2.75) is 19.4 Å². The van der Waals surface area contributed by atoms with E-state index in [1.54, 1.807) is 0 Å². The summed E-state index contributed by atoms with van der Waals surface area (Å²) in [5.41, 5.74) is 2.78. The van der Waals surface area contributed by atoms with Crippen LogP contribution in [0.25, 0.3) is 0 Å². The van der Waals surface area contributed by atoms with Gasteiger partial charge in [0.15, 0.2) is 0 Å². The van der Waals surface area contributed by atoms with Crippen molar-refractivity contribution in [3.63, 3.8) is 0 Å². The first-order chi connectivity index (χ1) is 10.2. The summed E-state index contributed by atoms with van der Waals surface area (Å²) >= 11 is 3.45. The van der Waals surface area contributed by atoms with Crippen LogP contribution < -0.4 is 9.47 Å². The largest absolute Gasteiger partial charge is 0.493 e. The Balaban J connectivity index is 1.97. The molecule has 0 fully saturated rings. The molecule has 1 N–H and O–H groups in total. The van der Waals surface area contributed by atoms with Crippen LogP contribution in [0.1, 0.15) is 29.7 Å². The lowest BCUT2D eigenvalue weighted by atomic mass is 9.98. The van der Waals surface area contributed by atoms with Gasteiger partial charge in [0.05, 0.1) is 13.2 Å². The summed E-state index contributed by atoms with van der Waals surface area (Å²) in [6.45, 7) is 3.22. The highest BCUT2D eigenvalue weighted by Gasteiger charge is 2.19. The van der Waals surface area contributed by atoms with Crippen molar-refractivity contribution in [1.29, 1.82) is 0 Å². The number of hydrogen-bond acceptors (Lipinski definition) is 3. The highest BCUT2D eigenvalue weighted by atomic mass is 79.9. The molecule has 1 unspecified atom stereocenters. The Kier molecular flexibility index (Phi) is 4.17. The first kappa shape index (κ1) is 14.4. The third kappa shape index (κ3) is 2.92. The molecule has 110 valence electrons. The average Bonchev–Trinajstić information content (AvgIpc) is 2.96. The number of aliphatic hydroxyl groups excluding tert-OH is 1. The van der Waals surface area contributed by atoms with Crippen LogP contribution >= 0.6 is 15.9 Å². The van der Waals surface area contributed by atoms with Gasteiger partial charge in [0.1, 0.15) is 17.6 Å². The van der Waals surface area contributed by atoms with Crippen molar-refractivity contribution in [2.75, 3.05) is 13.2 Å². The molecule has 2 aromatic carbocycles. The number of rotatable bonds is 4. The van der Waals surface area contributed by atoms with Gasteiger partial charge in [-0.25, -0.2) is 0 Å². The maximum absolute atomic E-state index is 10.7. The minimum absolute atomic E-state index is 0.569. The fourth-order valence-corrected chi connectivity index (χ4v) is 2.95. The van der Waals surface area contributed by atoms with Crippen molar-refractivity contribution in [3.05, 3.63) is 57.6 Å². The Bertz CT molecular complexity index is 654. The van der Waals surface area contributed by atoms with Gasteiger partial charge in [-0.05, 0) is 48.4 Å². The fourth-order valence-electron chi connectivity index (χ4n) is 2.58. The van der Waals surface area contributed by atoms with E-state index in [1.165, 1.54) is 0 Å². The summed E-state index contributed by atoms with van der Waals surface area (Å²) in [4.78, 5) is 0. The van der Waals surface area contributed by atoms with E-state index in [0.717, 1.165) is 39.9 Å². The Labute approximate surface area is 132 Å². The molecule has 0 aromatic heterocycles. The lowest BCUT2D eigenvalue weighted by Gasteiger charge is -2.17. The summed E-state index contributed by atoms with van der Waals surface area (Å²) in [6, 6.07) is 11.5. The molecule has 0 amide bonds. The molecule has 3 rings (SSSR count). The second-order valence-electron chi connectivity index (χ2n) is 4.98. The van der Waals surface area contributed by atoms with Crippen LogP contribution in [0.3, 0.4) is 0 Å². The van der Waals surface area contributed by atoms with E-state index in [4.69, 9.17) is 9.47 Å². The van der Waals surface area contributed by atoms with Crippen molar-refractivity contribution >= 4 is 15.9 Å². The molecule has 1 atom stereocenters. The summed E-state index contributed by atoms with van der Waals surface area (Å²) in [6.07, 6.45) is 0.183. The van der Waals surface area contributed by atoms with Crippen molar-refractivity contribution < 1.29 is 14.6 Å². The van der Waals surface area contributed by atoms with Crippen LogP contribution in [0.5, 0.6) is 11.5 Å². The summed E-state index contributed by atoms with van der Waals surface area (Å²) in [5, 5.41) is 10.7. The molecule has 0 spiro atoms. The molecule has 4 heteroatoms. The normalized spacial score (nSPS) is 14.4. The minimum atomic E-state index is -0.713. The van der Waals surface area contributed by atoms with Crippen LogP contribution in [-0.4, -0.2) is 18.3 Å². The van der Waals surface area contributed by atoms with E-state index in [1.807, 2.05) is 43.3 Å². The van der Waals surface area contributed by atoms with Gasteiger partial charge in [0, 0.05) is 16.5 Å². The molecular formula is C17H17BrO3. The lowest BCUT2D eigenvalue weighted by molar-refractivity contribution is 0.211. The summed E-state index contributed by atoms with van der Waals surface area (Å²) in [5.74, 6) is 1.63. The summed E-state index contributed by atoms with van der Waals surface area (Å²) < 4.78 is 12.0. The van der Waals surface area contributed by atoms with Crippen molar-refractivity contribution in [1.82, 2.24) is 0 Å². The zero-order chi connectivity index (χ0) is 14.8. The van der Waals surface area contributed by atoms with Crippen LogP contribution in [0, 0.1) is 0 Å². The number of aliphatic hydroxyl groups is 1. The van der Waals surface area contributed by atoms with Gasteiger partial charge in [0.25, 0.3) is 0 Å². The Morgan fingerprint density at radius 1 is 1.29 bits per heavy atom. The highest BCUT2D eigenvalue weighted by molar-refractivity contribution is 9.10. The molecule has 21 heavy (non-hydrogen) atoms. The van der Waals surface area contributed by atoms with Gasteiger partial charge in [0.2, 0.25) is 0 Å². The molecule has 1 aliphatic heterocycles. The highest BCUT2D eigenvalue weighted by Crippen LogP contribution is 2.35. The van der Waals surface area contributed by atoms with Gasteiger partial charge >= 0.3 is 0 Å². The van der Waals surface area contributed by atoms with Crippen LogP contribution in [0.4, 0.5) is 0 Å². The van der Waals surface area contributed by atoms with Crippen LogP contribution in [-0.2, 0) is 6.42 Å². The number of halogens is 1. The molecule has 2 aromatic rings. The Morgan fingerprint density at radius 3 is 2.95 bits per heavy atom. The predicted octanol–water partition coefficient (Wildman–Crippen LogP) is 3.86. The number of hydrogen-bond donors (Lipinski definition) is 1. The van der Waals surface area contributed by atoms with E-state index in [9.17, 15) is 5.11 Å². The van der Waals surface area contributed by atoms with Crippen molar-refractivity contribution in [2.24, 2.45) is 0 Å². The predicted molar refractivity (Wildman–Crippen MR) is 85.0 cm³/mol. The molecule has 0 bridgehead atoms. The third-order valence-corrected chi connectivity index (χ3v) is 4.09. The van der Waals surface area contributed by atoms with Crippen LogP contribution in [0.2, 0.25) is 0 Å². The topological polar surface area (TPSA) is 38.7 Å². The second-order valence-corrected chi connectivity index (χ2v) is 5.90. The third-order valence-electron chi connectivity index (χ3n) is 3.60. The van der Waals surface area contributed by atoms with E-state index in [2.05, 4.69) is 15.9 Å². The molecule has 0 saturated carbocycles. The molecule has 3 nitrogen and oxygen atoms in total. The smallest absolute Gasteiger partial charge is 0.125 e. The average molecular weight is 349 g/mol. The van der Waals surface area contributed by atoms with Crippen LogP contribution in [0.15, 0.2) is 40.9 Å². The molecular weight excluding hydrogens is 332 g/mol.